The van der Waals surface area contributed by atoms with Crippen LogP contribution in [0, 0.1) is 5.92 Å². The molecule has 0 spiro atoms. The van der Waals surface area contributed by atoms with Crippen molar-refractivity contribution in [3.05, 3.63) is 52.9 Å². The van der Waals surface area contributed by atoms with Crippen molar-refractivity contribution in [1.82, 2.24) is 10.2 Å². The molecule has 2 fully saturated rings. The van der Waals surface area contributed by atoms with Crippen molar-refractivity contribution < 1.29 is 23.9 Å². The Morgan fingerprint density at radius 2 is 2.00 bits per heavy atom. The molecule has 3 N–H and O–H groups in total. The summed E-state index contributed by atoms with van der Waals surface area (Å²) < 4.78 is 11.2. The maximum Gasteiger partial charge on any atom is 0.404 e. The molecule has 4 unspecified atom stereocenters. The van der Waals surface area contributed by atoms with Crippen LogP contribution in [0.4, 0.5) is 10.5 Å². The standard InChI is InChI=1S/C23H26N4O5/c1-4-26(13-8-6-5-7-9-13)17-12(2)19(28)18-16(20(17)29)14(11-32-22(24)30)23(31-3)21-15(25-21)10-27(18)23/h5-9,14-15,21,25H,4,10-11H2,1-3H3,(H2,24,30). The Bertz CT molecular complexity index is 1080. The molecule has 3 aliphatic heterocycles. The van der Waals surface area contributed by atoms with Gasteiger partial charge in [0.2, 0.25) is 11.6 Å². The summed E-state index contributed by atoms with van der Waals surface area (Å²) in [6, 6.07) is 9.58. The lowest BCUT2D eigenvalue weighted by molar-refractivity contribution is -0.137. The van der Waals surface area contributed by atoms with E-state index in [9.17, 15) is 14.4 Å². The van der Waals surface area contributed by atoms with Gasteiger partial charge in [0, 0.05) is 43.1 Å². The Labute approximate surface area is 185 Å². The summed E-state index contributed by atoms with van der Waals surface area (Å²) in [7, 11) is 1.56. The van der Waals surface area contributed by atoms with Crippen LogP contribution in [0.25, 0.3) is 0 Å². The number of nitrogens with one attached hydrogen (secondary N) is 1. The molecule has 1 aliphatic carbocycles. The molecule has 3 heterocycles. The molecule has 4 aliphatic rings. The first kappa shape index (κ1) is 20.7. The number of para-hydroxylation sites is 1. The fourth-order valence-electron chi connectivity index (χ4n) is 5.68. The SMILES string of the molecule is CCN(C1=C(C)C(=O)C2=C(C1=O)C(COC(N)=O)C1(OC)C3NC3CN21)c1ccccc1. The van der Waals surface area contributed by atoms with Gasteiger partial charge in [0.15, 0.2) is 5.72 Å². The number of fused-ring (bicyclic) bond motifs is 4. The van der Waals surface area contributed by atoms with Crippen LogP contribution in [0.1, 0.15) is 13.8 Å². The predicted octanol–water partition coefficient (Wildman–Crippen LogP) is 0.917. The van der Waals surface area contributed by atoms with Gasteiger partial charge in [-0.05, 0) is 26.0 Å². The summed E-state index contributed by atoms with van der Waals surface area (Å²) in [5.41, 5.74) is 6.53. The summed E-state index contributed by atoms with van der Waals surface area (Å²) in [6.45, 7) is 4.53. The quantitative estimate of drug-likeness (QED) is 0.496. The smallest absolute Gasteiger partial charge is 0.404 e. The molecule has 0 aromatic heterocycles. The number of ether oxygens (including phenoxy) is 2. The van der Waals surface area contributed by atoms with Crippen LogP contribution in [0.15, 0.2) is 52.9 Å². The molecule has 9 nitrogen and oxygen atoms in total. The lowest BCUT2D eigenvalue weighted by Crippen LogP contribution is -2.55. The number of nitrogens with two attached hydrogens (primary N) is 1. The van der Waals surface area contributed by atoms with E-state index < -0.39 is 17.7 Å². The zero-order valence-electron chi connectivity index (χ0n) is 18.3. The number of Topliss-reactive ketones (excluding diaryl/α,β-unsaturated/α-hetero) is 2. The number of benzene rings is 1. The highest BCUT2D eigenvalue weighted by molar-refractivity contribution is 6.26. The lowest BCUT2D eigenvalue weighted by Gasteiger charge is -2.39. The molecule has 0 radical (unpaired) electrons. The fraction of sp³-hybridized carbons (Fsp3) is 0.435. The molecule has 32 heavy (non-hydrogen) atoms. The Balaban J connectivity index is 1.62. The highest BCUT2D eigenvalue weighted by Gasteiger charge is 2.72. The van der Waals surface area contributed by atoms with Crippen LogP contribution in [-0.4, -0.2) is 67.2 Å². The topological polar surface area (TPSA) is 124 Å². The Hall–Kier alpha value is -3.17. The first-order chi connectivity index (χ1) is 15.4. The molecule has 5 rings (SSSR count). The number of amides is 1. The average molecular weight is 438 g/mol. The summed E-state index contributed by atoms with van der Waals surface area (Å²) in [4.78, 5) is 42.9. The van der Waals surface area contributed by atoms with E-state index >= 15 is 0 Å². The highest BCUT2D eigenvalue weighted by atomic mass is 16.6. The van der Waals surface area contributed by atoms with Crippen molar-refractivity contribution in [3.8, 4) is 0 Å². The molecule has 1 aromatic carbocycles. The van der Waals surface area contributed by atoms with Gasteiger partial charge in [-0.25, -0.2) is 4.79 Å². The van der Waals surface area contributed by atoms with Crippen molar-refractivity contribution in [2.45, 2.75) is 31.7 Å². The molecule has 168 valence electrons. The zero-order valence-corrected chi connectivity index (χ0v) is 18.3. The van der Waals surface area contributed by atoms with Gasteiger partial charge in [-0.15, -0.1) is 0 Å². The number of carbonyl (C=O) groups excluding carboxylic acids is 3. The van der Waals surface area contributed by atoms with Crippen LogP contribution in [-0.2, 0) is 19.1 Å². The van der Waals surface area contributed by atoms with E-state index in [1.165, 1.54) is 0 Å². The van der Waals surface area contributed by atoms with Gasteiger partial charge in [-0.3, -0.25) is 9.59 Å². The molecular formula is C23H26N4O5. The van der Waals surface area contributed by atoms with Crippen LogP contribution >= 0.6 is 0 Å². The minimum atomic E-state index is -0.977. The van der Waals surface area contributed by atoms with Crippen molar-refractivity contribution >= 4 is 23.3 Å². The Morgan fingerprint density at radius 1 is 1.28 bits per heavy atom. The average Bonchev–Trinajstić information content (AvgIpc) is 3.40. The number of piperazine rings is 1. The Kier molecular flexibility index (Phi) is 4.65. The normalized spacial score (nSPS) is 30.3. The van der Waals surface area contributed by atoms with E-state index in [1.807, 2.05) is 47.1 Å². The van der Waals surface area contributed by atoms with E-state index in [0.717, 1.165) is 5.69 Å². The van der Waals surface area contributed by atoms with Crippen molar-refractivity contribution in [2.24, 2.45) is 11.7 Å². The number of allylic oxidation sites excluding steroid dienone is 2. The molecule has 1 aromatic rings. The maximum atomic E-state index is 14.0. The number of hydrogen-bond acceptors (Lipinski definition) is 8. The number of primary amides is 1. The highest BCUT2D eigenvalue weighted by Crippen LogP contribution is 2.56. The number of anilines is 1. The van der Waals surface area contributed by atoms with Crippen LogP contribution in [0.2, 0.25) is 0 Å². The van der Waals surface area contributed by atoms with E-state index in [1.54, 1.807) is 14.0 Å². The van der Waals surface area contributed by atoms with E-state index in [2.05, 4.69) is 5.32 Å². The number of likely N-dealkylation sites (N-methyl/N-ethyl adjacent to an activating group) is 1. The van der Waals surface area contributed by atoms with Crippen molar-refractivity contribution in [2.75, 3.05) is 31.7 Å². The van der Waals surface area contributed by atoms with Gasteiger partial charge >= 0.3 is 6.09 Å². The first-order valence-electron chi connectivity index (χ1n) is 10.7. The van der Waals surface area contributed by atoms with Crippen molar-refractivity contribution in [1.29, 1.82) is 0 Å². The van der Waals surface area contributed by atoms with Crippen LogP contribution in [0.5, 0.6) is 0 Å². The van der Waals surface area contributed by atoms with Gasteiger partial charge < -0.3 is 30.3 Å². The molecule has 0 bridgehead atoms. The molecular weight excluding hydrogens is 412 g/mol. The van der Waals surface area contributed by atoms with Crippen LogP contribution in [0.3, 0.4) is 0 Å². The number of hydrogen-bond donors (Lipinski definition) is 2. The number of nitrogens with zero attached hydrogens (tertiary/aromatic N) is 2. The van der Waals surface area contributed by atoms with Crippen molar-refractivity contribution in [3.63, 3.8) is 0 Å². The molecule has 1 amide bonds. The predicted molar refractivity (Wildman–Crippen MR) is 115 cm³/mol. The summed E-state index contributed by atoms with van der Waals surface area (Å²) >= 11 is 0. The van der Waals surface area contributed by atoms with E-state index in [-0.39, 0.29) is 30.3 Å². The fourth-order valence-corrected chi connectivity index (χ4v) is 5.68. The van der Waals surface area contributed by atoms with Gasteiger partial charge in [-0.2, -0.15) is 0 Å². The lowest BCUT2D eigenvalue weighted by atomic mass is 9.82. The van der Waals surface area contributed by atoms with Gasteiger partial charge in [0.1, 0.15) is 6.61 Å². The second kappa shape index (κ2) is 7.18. The van der Waals surface area contributed by atoms with E-state index in [0.29, 0.717) is 35.6 Å². The zero-order chi connectivity index (χ0) is 22.8. The van der Waals surface area contributed by atoms with Gasteiger partial charge in [-0.1, -0.05) is 18.2 Å². The van der Waals surface area contributed by atoms with Gasteiger partial charge in [0.25, 0.3) is 0 Å². The minimum absolute atomic E-state index is 0.0691. The molecule has 9 heteroatoms. The Morgan fingerprint density at radius 3 is 2.62 bits per heavy atom. The third kappa shape index (κ3) is 2.61. The summed E-state index contributed by atoms with van der Waals surface area (Å²) in [5.74, 6) is -1.09. The number of methoxy groups -OCH3 is 1. The summed E-state index contributed by atoms with van der Waals surface area (Å²) in [6.07, 6.45) is -0.934. The first-order valence-corrected chi connectivity index (χ1v) is 10.7. The monoisotopic (exact) mass is 438 g/mol. The number of carbonyl (C=O) groups is 3. The van der Waals surface area contributed by atoms with E-state index in [4.69, 9.17) is 15.2 Å². The third-order valence-electron chi connectivity index (χ3n) is 7.05. The van der Waals surface area contributed by atoms with Crippen LogP contribution < -0.4 is 16.0 Å². The number of ketones is 2. The second-order valence-electron chi connectivity index (χ2n) is 8.47. The summed E-state index contributed by atoms with van der Waals surface area (Å²) in [5, 5.41) is 3.36. The third-order valence-corrected chi connectivity index (χ3v) is 7.05. The van der Waals surface area contributed by atoms with Gasteiger partial charge in [0.05, 0.1) is 23.4 Å². The second-order valence-corrected chi connectivity index (χ2v) is 8.47. The largest absolute Gasteiger partial charge is 0.449 e. The molecule has 2 saturated heterocycles. The molecule has 0 saturated carbocycles. The minimum Gasteiger partial charge on any atom is -0.449 e. The molecule has 4 atom stereocenters. The number of rotatable bonds is 6. The maximum absolute atomic E-state index is 14.0.